The molecule has 0 aliphatic heterocycles. The smallest absolute Gasteiger partial charge is 0.128 e. The van der Waals surface area contributed by atoms with Gasteiger partial charge in [0.1, 0.15) is 5.75 Å². The molecule has 0 atom stereocenters. The summed E-state index contributed by atoms with van der Waals surface area (Å²) >= 11 is 0. The van der Waals surface area contributed by atoms with E-state index in [-0.39, 0.29) is 0 Å². The van der Waals surface area contributed by atoms with Crippen LogP contribution < -0.4 is 4.74 Å². The Morgan fingerprint density at radius 3 is 2.58 bits per heavy atom. The highest BCUT2D eigenvalue weighted by Gasteiger charge is 2.13. The molecule has 2 nitrogen and oxygen atoms in total. The minimum Gasteiger partial charge on any atom is -0.496 e. The number of pyridine rings is 1. The van der Waals surface area contributed by atoms with Gasteiger partial charge in [-0.2, -0.15) is 0 Å². The quantitative estimate of drug-likeness (QED) is 0.678. The lowest BCUT2D eigenvalue weighted by Gasteiger charge is -2.13. The van der Waals surface area contributed by atoms with Crippen LogP contribution in [0.2, 0.25) is 0 Å². The first-order valence-corrected chi connectivity index (χ1v) is 6.29. The molecule has 19 heavy (non-hydrogen) atoms. The van der Waals surface area contributed by atoms with Crippen LogP contribution in [0.5, 0.6) is 5.75 Å². The van der Waals surface area contributed by atoms with Crippen molar-refractivity contribution in [3.63, 3.8) is 0 Å². The van der Waals surface area contributed by atoms with Gasteiger partial charge < -0.3 is 4.74 Å². The maximum absolute atomic E-state index is 5.52. The first kappa shape index (κ1) is 11.7. The van der Waals surface area contributed by atoms with E-state index in [0.29, 0.717) is 0 Å². The molecule has 0 saturated carbocycles. The van der Waals surface area contributed by atoms with Gasteiger partial charge in [-0.15, -0.1) is 0 Å². The zero-order chi connectivity index (χ0) is 13.2. The summed E-state index contributed by atoms with van der Waals surface area (Å²) in [6.45, 7) is 2.07. The van der Waals surface area contributed by atoms with Crippen LogP contribution in [0, 0.1) is 6.92 Å². The van der Waals surface area contributed by atoms with E-state index in [9.17, 15) is 0 Å². The molecule has 2 heteroatoms. The number of fused-ring (bicyclic) bond motifs is 1. The summed E-state index contributed by atoms with van der Waals surface area (Å²) in [7, 11) is 1.70. The molecule has 0 N–H and O–H groups in total. The Kier molecular flexibility index (Phi) is 2.92. The van der Waals surface area contributed by atoms with E-state index in [1.807, 2.05) is 30.5 Å². The van der Waals surface area contributed by atoms with Crippen molar-refractivity contribution in [2.75, 3.05) is 7.11 Å². The van der Waals surface area contributed by atoms with Gasteiger partial charge in [0, 0.05) is 6.20 Å². The van der Waals surface area contributed by atoms with Crippen LogP contribution in [0.4, 0.5) is 0 Å². The first-order chi connectivity index (χ1) is 9.31. The van der Waals surface area contributed by atoms with E-state index < -0.39 is 0 Å². The summed E-state index contributed by atoms with van der Waals surface area (Å²) in [6, 6.07) is 16.4. The van der Waals surface area contributed by atoms with Crippen molar-refractivity contribution in [3.8, 4) is 17.0 Å². The third-order valence-electron chi connectivity index (χ3n) is 3.36. The van der Waals surface area contributed by atoms with Gasteiger partial charge in [0.15, 0.2) is 0 Å². The summed E-state index contributed by atoms with van der Waals surface area (Å²) in [5.74, 6) is 0.862. The molecule has 3 aromatic rings. The Bertz CT molecular complexity index is 734. The van der Waals surface area contributed by atoms with Crippen LogP contribution in [0.3, 0.4) is 0 Å². The Labute approximate surface area is 112 Å². The number of ether oxygens (including phenoxy) is 1. The Morgan fingerprint density at radius 2 is 1.79 bits per heavy atom. The summed E-state index contributed by atoms with van der Waals surface area (Å²) in [5, 5.41) is 2.37. The Hall–Kier alpha value is -2.35. The molecular formula is C17H15NO. The molecular weight excluding hydrogens is 234 g/mol. The summed E-state index contributed by atoms with van der Waals surface area (Å²) in [4.78, 5) is 4.53. The number of aromatic nitrogens is 1. The van der Waals surface area contributed by atoms with Crippen LogP contribution in [-0.4, -0.2) is 12.1 Å². The highest BCUT2D eigenvalue weighted by Crippen LogP contribution is 2.37. The standard InChI is InChI=1S/C17H15NO/c1-12-6-5-11-18-17(12)16-14-8-4-3-7-13(14)9-10-15(16)19-2/h3-11H,1-2H3. The summed E-state index contributed by atoms with van der Waals surface area (Å²) in [6.07, 6.45) is 1.82. The molecule has 0 radical (unpaired) electrons. The highest BCUT2D eigenvalue weighted by atomic mass is 16.5. The second kappa shape index (κ2) is 4.73. The Morgan fingerprint density at radius 1 is 0.947 bits per heavy atom. The topological polar surface area (TPSA) is 22.1 Å². The maximum Gasteiger partial charge on any atom is 0.128 e. The Balaban J connectivity index is 2.41. The molecule has 3 rings (SSSR count). The van der Waals surface area contributed by atoms with Crippen molar-refractivity contribution >= 4 is 10.8 Å². The zero-order valence-electron chi connectivity index (χ0n) is 11.1. The monoisotopic (exact) mass is 249 g/mol. The number of rotatable bonds is 2. The fourth-order valence-electron chi connectivity index (χ4n) is 2.41. The van der Waals surface area contributed by atoms with E-state index in [2.05, 4.69) is 36.2 Å². The molecule has 0 fully saturated rings. The molecule has 1 aromatic heterocycles. The van der Waals surface area contributed by atoms with Crippen LogP contribution in [0.1, 0.15) is 5.56 Å². The molecule has 0 aliphatic carbocycles. The summed E-state index contributed by atoms with van der Waals surface area (Å²) < 4.78 is 5.52. The number of hydrogen-bond acceptors (Lipinski definition) is 2. The number of benzene rings is 2. The third-order valence-corrected chi connectivity index (χ3v) is 3.36. The molecule has 0 saturated heterocycles. The van der Waals surface area contributed by atoms with E-state index in [0.717, 1.165) is 22.6 Å². The number of aryl methyl sites for hydroxylation is 1. The van der Waals surface area contributed by atoms with Gasteiger partial charge in [-0.05, 0) is 35.4 Å². The van der Waals surface area contributed by atoms with E-state index in [1.165, 1.54) is 10.8 Å². The molecule has 94 valence electrons. The summed E-state index contributed by atoms with van der Waals surface area (Å²) in [5.41, 5.74) is 3.20. The average molecular weight is 249 g/mol. The zero-order valence-corrected chi connectivity index (χ0v) is 11.1. The van der Waals surface area contributed by atoms with Gasteiger partial charge in [0.05, 0.1) is 18.4 Å². The lowest BCUT2D eigenvalue weighted by Crippen LogP contribution is -1.93. The predicted molar refractivity (Wildman–Crippen MR) is 78.5 cm³/mol. The van der Waals surface area contributed by atoms with Crippen LogP contribution in [-0.2, 0) is 0 Å². The van der Waals surface area contributed by atoms with Gasteiger partial charge in [-0.1, -0.05) is 36.4 Å². The molecule has 2 aromatic carbocycles. The normalized spacial score (nSPS) is 10.6. The molecule has 0 aliphatic rings. The lowest BCUT2D eigenvalue weighted by atomic mass is 9.98. The molecule has 1 heterocycles. The fourth-order valence-corrected chi connectivity index (χ4v) is 2.41. The van der Waals surface area contributed by atoms with Gasteiger partial charge in [-0.3, -0.25) is 4.98 Å². The molecule has 0 bridgehead atoms. The lowest BCUT2D eigenvalue weighted by molar-refractivity contribution is 0.417. The fraction of sp³-hybridized carbons (Fsp3) is 0.118. The van der Waals surface area contributed by atoms with E-state index >= 15 is 0 Å². The third kappa shape index (κ3) is 1.95. The van der Waals surface area contributed by atoms with Crippen molar-refractivity contribution in [1.29, 1.82) is 0 Å². The largest absolute Gasteiger partial charge is 0.496 e. The van der Waals surface area contributed by atoms with Gasteiger partial charge >= 0.3 is 0 Å². The number of nitrogens with zero attached hydrogens (tertiary/aromatic N) is 1. The second-order valence-corrected chi connectivity index (χ2v) is 4.53. The van der Waals surface area contributed by atoms with Crippen molar-refractivity contribution in [3.05, 3.63) is 60.3 Å². The second-order valence-electron chi connectivity index (χ2n) is 4.53. The molecule has 0 amide bonds. The van der Waals surface area contributed by atoms with Gasteiger partial charge in [0.25, 0.3) is 0 Å². The molecule has 0 unspecified atom stereocenters. The van der Waals surface area contributed by atoms with Crippen molar-refractivity contribution in [1.82, 2.24) is 4.98 Å². The number of hydrogen-bond donors (Lipinski definition) is 0. The predicted octanol–water partition coefficient (Wildman–Crippen LogP) is 4.22. The molecule has 0 spiro atoms. The van der Waals surface area contributed by atoms with E-state index in [4.69, 9.17) is 4.74 Å². The van der Waals surface area contributed by atoms with Crippen molar-refractivity contribution < 1.29 is 4.74 Å². The van der Waals surface area contributed by atoms with Crippen molar-refractivity contribution in [2.45, 2.75) is 6.92 Å². The van der Waals surface area contributed by atoms with Crippen molar-refractivity contribution in [2.24, 2.45) is 0 Å². The van der Waals surface area contributed by atoms with Crippen LogP contribution in [0.15, 0.2) is 54.7 Å². The average Bonchev–Trinajstić information content (AvgIpc) is 2.47. The minimum atomic E-state index is 0.862. The highest BCUT2D eigenvalue weighted by molar-refractivity contribution is 5.99. The SMILES string of the molecule is COc1ccc2ccccc2c1-c1ncccc1C. The van der Waals surface area contributed by atoms with Gasteiger partial charge in [-0.25, -0.2) is 0 Å². The maximum atomic E-state index is 5.52. The van der Waals surface area contributed by atoms with Gasteiger partial charge in [0.2, 0.25) is 0 Å². The van der Waals surface area contributed by atoms with E-state index in [1.54, 1.807) is 7.11 Å². The van der Waals surface area contributed by atoms with Crippen LogP contribution >= 0.6 is 0 Å². The van der Waals surface area contributed by atoms with Crippen LogP contribution in [0.25, 0.3) is 22.0 Å². The first-order valence-electron chi connectivity index (χ1n) is 6.29. The number of methoxy groups -OCH3 is 1. The minimum absolute atomic E-state index is 0.862.